The number of hydrogen-bond acceptors (Lipinski definition) is 2. The molecular weight excluding hydrogens is 258 g/mol. The molecule has 0 bridgehead atoms. The first kappa shape index (κ1) is 16.0. The maximum absolute atomic E-state index is 4.54. The van der Waals surface area contributed by atoms with Crippen LogP contribution in [-0.4, -0.2) is 22.1 Å². The number of nitrogens with zero attached hydrogens (tertiary/aromatic N) is 2. The molecule has 0 aliphatic heterocycles. The molecule has 1 aromatic carbocycles. The van der Waals surface area contributed by atoms with Gasteiger partial charge in [0.25, 0.3) is 0 Å². The van der Waals surface area contributed by atoms with Gasteiger partial charge in [-0.15, -0.1) is 0 Å². The summed E-state index contributed by atoms with van der Waals surface area (Å²) >= 11 is 0. The minimum atomic E-state index is 0.656. The third kappa shape index (κ3) is 4.07. The third-order valence-corrected chi connectivity index (χ3v) is 4.36. The van der Waals surface area contributed by atoms with Crippen LogP contribution in [0.3, 0.4) is 0 Å². The second kappa shape index (κ2) is 7.60. The van der Waals surface area contributed by atoms with Crippen LogP contribution in [-0.2, 0) is 6.54 Å². The number of rotatable bonds is 8. The monoisotopic (exact) mass is 287 g/mol. The van der Waals surface area contributed by atoms with Crippen molar-refractivity contribution in [3.8, 4) is 0 Å². The molecule has 1 atom stereocenters. The van der Waals surface area contributed by atoms with Gasteiger partial charge in [-0.3, -0.25) is 0 Å². The highest BCUT2D eigenvalue weighted by Crippen LogP contribution is 2.19. The molecule has 0 aliphatic carbocycles. The third-order valence-electron chi connectivity index (χ3n) is 4.36. The molecule has 0 saturated heterocycles. The van der Waals surface area contributed by atoms with E-state index < -0.39 is 0 Å². The molecule has 0 amide bonds. The second-order valence-corrected chi connectivity index (χ2v) is 6.06. The minimum Gasteiger partial charge on any atom is -0.331 e. The van der Waals surface area contributed by atoms with Gasteiger partial charge in [0.2, 0.25) is 0 Å². The molecule has 3 nitrogen and oxygen atoms in total. The van der Waals surface area contributed by atoms with Crippen LogP contribution < -0.4 is 5.32 Å². The molecule has 21 heavy (non-hydrogen) atoms. The van der Waals surface area contributed by atoms with Gasteiger partial charge in [0.15, 0.2) is 0 Å². The van der Waals surface area contributed by atoms with Crippen LogP contribution in [0.2, 0.25) is 0 Å². The van der Waals surface area contributed by atoms with Crippen molar-refractivity contribution in [2.75, 3.05) is 6.54 Å². The fourth-order valence-corrected chi connectivity index (χ4v) is 2.80. The molecule has 0 radical (unpaired) electrons. The summed E-state index contributed by atoms with van der Waals surface area (Å²) in [5, 5.41) is 3.63. The molecule has 116 valence electrons. The first-order valence-electron chi connectivity index (χ1n) is 8.31. The molecular formula is C18H29N3. The Bertz CT molecular complexity index is 571. The van der Waals surface area contributed by atoms with Crippen molar-refractivity contribution in [3.05, 3.63) is 29.6 Å². The molecule has 0 fully saturated rings. The van der Waals surface area contributed by atoms with Gasteiger partial charge in [-0.2, -0.15) is 0 Å². The molecule has 1 unspecified atom stereocenters. The van der Waals surface area contributed by atoms with Crippen LogP contribution in [0, 0.1) is 13.8 Å². The van der Waals surface area contributed by atoms with Crippen LogP contribution in [0.15, 0.2) is 18.5 Å². The normalized spacial score (nSPS) is 13.0. The number of hydrogen-bond donors (Lipinski definition) is 1. The zero-order chi connectivity index (χ0) is 15.2. The number of fused-ring (bicyclic) bond motifs is 1. The molecule has 0 aliphatic rings. The smallest absolute Gasteiger partial charge is 0.0958 e. The molecule has 3 heteroatoms. The van der Waals surface area contributed by atoms with E-state index in [1.165, 1.54) is 42.3 Å². The average Bonchev–Trinajstić information content (AvgIpc) is 2.85. The largest absolute Gasteiger partial charge is 0.331 e. The summed E-state index contributed by atoms with van der Waals surface area (Å²) in [6.45, 7) is 11.0. The van der Waals surface area contributed by atoms with Gasteiger partial charge >= 0.3 is 0 Å². The number of aryl methyl sites for hydroxylation is 3. The van der Waals surface area contributed by atoms with E-state index in [4.69, 9.17) is 0 Å². The lowest BCUT2D eigenvalue weighted by Crippen LogP contribution is -2.29. The Kier molecular flexibility index (Phi) is 5.80. The summed E-state index contributed by atoms with van der Waals surface area (Å²) in [7, 11) is 0. The lowest BCUT2D eigenvalue weighted by atomic mass is 10.1. The number of imidazole rings is 1. The van der Waals surface area contributed by atoms with Crippen LogP contribution in [0.4, 0.5) is 0 Å². The van der Waals surface area contributed by atoms with Crippen molar-refractivity contribution in [1.82, 2.24) is 14.9 Å². The maximum Gasteiger partial charge on any atom is 0.0958 e. The Morgan fingerprint density at radius 3 is 2.67 bits per heavy atom. The Labute approximate surface area is 128 Å². The lowest BCUT2D eigenvalue weighted by molar-refractivity contribution is 0.441. The summed E-state index contributed by atoms with van der Waals surface area (Å²) in [5.74, 6) is 0. The highest BCUT2D eigenvalue weighted by atomic mass is 15.0. The van der Waals surface area contributed by atoms with E-state index in [0.29, 0.717) is 6.04 Å². The molecule has 1 heterocycles. The van der Waals surface area contributed by atoms with E-state index in [1.807, 2.05) is 6.33 Å². The fraction of sp³-hybridized carbons (Fsp3) is 0.611. The Hall–Kier alpha value is -1.35. The Morgan fingerprint density at radius 1 is 1.19 bits per heavy atom. The maximum atomic E-state index is 4.54. The highest BCUT2D eigenvalue weighted by Gasteiger charge is 2.07. The molecule has 0 spiro atoms. The molecule has 1 aromatic heterocycles. The summed E-state index contributed by atoms with van der Waals surface area (Å²) in [6, 6.07) is 5.12. The molecule has 2 aromatic rings. The van der Waals surface area contributed by atoms with Crippen LogP contribution in [0.5, 0.6) is 0 Å². The molecule has 2 rings (SSSR count). The number of aromatic nitrogens is 2. The van der Waals surface area contributed by atoms with Gasteiger partial charge in [-0.1, -0.05) is 13.8 Å². The van der Waals surface area contributed by atoms with Crippen LogP contribution in [0.1, 0.15) is 50.7 Å². The van der Waals surface area contributed by atoms with Gasteiger partial charge < -0.3 is 9.88 Å². The van der Waals surface area contributed by atoms with E-state index in [-0.39, 0.29) is 0 Å². The summed E-state index contributed by atoms with van der Waals surface area (Å²) in [6.07, 6.45) is 6.85. The first-order valence-corrected chi connectivity index (χ1v) is 8.31. The predicted molar refractivity (Wildman–Crippen MR) is 90.8 cm³/mol. The number of nitrogens with one attached hydrogen (secondary N) is 1. The SMILES string of the molecule is CCCNC(CC)CCCn1cnc2cc(C)c(C)cc21. The van der Waals surface area contributed by atoms with Gasteiger partial charge in [-0.25, -0.2) is 4.98 Å². The van der Waals surface area contributed by atoms with Crippen molar-refractivity contribution >= 4 is 11.0 Å². The van der Waals surface area contributed by atoms with E-state index in [1.54, 1.807) is 0 Å². The zero-order valence-electron chi connectivity index (χ0n) is 13.9. The summed E-state index contributed by atoms with van der Waals surface area (Å²) in [4.78, 5) is 4.54. The van der Waals surface area contributed by atoms with Crippen molar-refractivity contribution in [1.29, 1.82) is 0 Å². The van der Waals surface area contributed by atoms with E-state index in [0.717, 1.165) is 18.6 Å². The van der Waals surface area contributed by atoms with Crippen LogP contribution in [0.25, 0.3) is 11.0 Å². The quantitative estimate of drug-likeness (QED) is 0.788. The molecule has 0 saturated carbocycles. The van der Waals surface area contributed by atoms with E-state index >= 15 is 0 Å². The van der Waals surface area contributed by atoms with E-state index in [2.05, 4.69) is 54.7 Å². The minimum absolute atomic E-state index is 0.656. The van der Waals surface area contributed by atoms with Gasteiger partial charge in [0, 0.05) is 12.6 Å². The Morgan fingerprint density at radius 2 is 1.95 bits per heavy atom. The highest BCUT2D eigenvalue weighted by molar-refractivity contribution is 5.77. The second-order valence-electron chi connectivity index (χ2n) is 6.06. The fourth-order valence-electron chi connectivity index (χ4n) is 2.80. The van der Waals surface area contributed by atoms with Gasteiger partial charge in [0.1, 0.15) is 0 Å². The van der Waals surface area contributed by atoms with Crippen molar-refractivity contribution < 1.29 is 0 Å². The first-order chi connectivity index (χ1) is 10.2. The Balaban J connectivity index is 1.96. The van der Waals surface area contributed by atoms with Gasteiger partial charge in [0.05, 0.1) is 17.4 Å². The van der Waals surface area contributed by atoms with Crippen LogP contribution >= 0.6 is 0 Å². The standard InChI is InChI=1S/C18H29N3/c1-5-9-19-16(6-2)8-7-10-21-13-20-17-11-14(3)15(4)12-18(17)21/h11-13,16,19H,5-10H2,1-4H3. The zero-order valence-corrected chi connectivity index (χ0v) is 13.9. The van der Waals surface area contributed by atoms with E-state index in [9.17, 15) is 0 Å². The van der Waals surface area contributed by atoms with Crippen molar-refractivity contribution in [2.24, 2.45) is 0 Å². The number of benzene rings is 1. The van der Waals surface area contributed by atoms with Crippen molar-refractivity contribution in [3.63, 3.8) is 0 Å². The summed E-state index contributed by atoms with van der Waals surface area (Å²) in [5.41, 5.74) is 5.06. The molecule has 1 N–H and O–H groups in total. The van der Waals surface area contributed by atoms with Gasteiger partial charge in [-0.05, 0) is 69.3 Å². The van der Waals surface area contributed by atoms with Crippen molar-refractivity contribution in [2.45, 2.75) is 66.0 Å². The summed E-state index contributed by atoms with van der Waals surface area (Å²) < 4.78 is 2.30. The average molecular weight is 287 g/mol. The predicted octanol–water partition coefficient (Wildman–Crippen LogP) is 4.21. The topological polar surface area (TPSA) is 29.9 Å². The lowest BCUT2D eigenvalue weighted by Gasteiger charge is -2.16.